The van der Waals surface area contributed by atoms with Gasteiger partial charge in [0.25, 0.3) is 0 Å². The van der Waals surface area contributed by atoms with Gasteiger partial charge in [0.05, 0.1) is 50.6 Å². The van der Waals surface area contributed by atoms with Crippen molar-refractivity contribution in [1.29, 1.82) is 0 Å². The Morgan fingerprint density at radius 3 is 2.60 bits per heavy atom. The molecule has 1 aliphatic heterocycles. The first-order valence-corrected chi connectivity index (χ1v) is 11.1. The normalized spacial score (nSPS) is 14.8. The van der Waals surface area contributed by atoms with Gasteiger partial charge in [-0.25, -0.2) is 4.98 Å². The topological polar surface area (TPSA) is 56.1 Å². The number of benzene rings is 2. The first kappa shape index (κ1) is 20.6. The fourth-order valence-corrected chi connectivity index (χ4v) is 4.94. The summed E-state index contributed by atoms with van der Waals surface area (Å²) < 4.78 is 11.9. The summed E-state index contributed by atoms with van der Waals surface area (Å²) in [5.74, 6) is 1.64. The number of rotatable bonds is 7. The zero-order chi connectivity index (χ0) is 20.9. The summed E-state index contributed by atoms with van der Waals surface area (Å²) in [5, 5.41) is 1.18. The van der Waals surface area contributed by atoms with Gasteiger partial charge < -0.3 is 19.3 Å². The number of carbonyl (C=O) groups excluding carboxylic acids is 1. The second-order valence-corrected chi connectivity index (χ2v) is 8.69. The third-order valence-corrected chi connectivity index (χ3v) is 6.67. The molecule has 7 heteroatoms. The molecule has 2 heterocycles. The van der Waals surface area contributed by atoms with E-state index in [9.17, 15) is 4.79 Å². The maximum atomic E-state index is 12.7. The number of thiazole rings is 1. The van der Waals surface area contributed by atoms with Crippen molar-refractivity contribution in [2.24, 2.45) is 0 Å². The van der Waals surface area contributed by atoms with E-state index in [2.05, 4.69) is 18.2 Å². The number of fused-ring (bicyclic) bond motifs is 1. The van der Waals surface area contributed by atoms with Gasteiger partial charge in [-0.1, -0.05) is 18.2 Å². The van der Waals surface area contributed by atoms with Crippen molar-refractivity contribution < 1.29 is 19.2 Å². The summed E-state index contributed by atoms with van der Waals surface area (Å²) in [6, 6.07) is 14.1. The highest BCUT2D eigenvalue weighted by Gasteiger charge is 2.24. The standard InChI is InChI=1S/C23H27N3O3S/c1-28-19-9-7-17(15-20(19)29-2)8-10-23(27)26-13-11-25(12-14-26)16-22-24-18-5-3-4-6-21(18)30-22/h3-7,9,15H,8,10-14,16H2,1-2H3/p+1. The summed E-state index contributed by atoms with van der Waals surface area (Å²) >= 11 is 1.78. The van der Waals surface area contributed by atoms with Crippen molar-refractivity contribution in [3.05, 3.63) is 53.0 Å². The number of para-hydroxylation sites is 1. The van der Waals surface area contributed by atoms with Crippen LogP contribution in [0.3, 0.4) is 0 Å². The number of hydrogen-bond acceptors (Lipinski definition) is 5. The van der Waals surface area contributed by atoms with Gasteiger partial charge in [0, 0.05) is 6.42 Å². The van der Waals surface area contributed by atoms with Crippen LogP contribution < -0.4 is 14.4 Å². The molecular formula is C23H28N3O3S+. The molecule has 0 bridgehead atoms. The van der Waals surface area contributed by atoms with Crippen LogP contribution in [0.4, 0.5) is 0 Å². The van der Waals surface area contributed by atoms with E-state index in [0.29, 0.717) is 24.3 Å². The minimum atomic E-state index is 0.226. The number of quaternary nitrogens is 1. The van der Waals surface area contributed by atoms with E-state index >= 15 is 0 Å². The van der Waals surface area contributed by atoms with Gasteiger partial charge in [0.2, 0.25) is 5.91 Å². The number of piperazine rings is 1. The Labute approximate surface area is 181 Å². The monoisotopic (exact) mass is 426 g/mol. The molecule has 1 aromatic heterocycles. The molecule has 0 saturated carbocycles. The van der Waals surface area contributed by atoms with Crippen LogP contribution >= 0.6 is 11.3 Å². The summed E-state index contributed by atoms with van der Waals surface area (Å²) in [6.45, 7) is 4.50. The lowest BCUT2D eigenvalue weighted by molar-refractivity contribution is -0.917. The molecule has 30 heavy (non-hydrogen) atoms. The molecule has 1 N–H and O–H groups in total. The van der Waals surface area contributed by atoms with Crippen molar-refractivity contribution in [2.45, 2.75) is 19.4 Å². The Bertz CT molecular complexity index is 979. The molecule has 0 aliphatic carbocycles. The quantitative estimate of drug-likeness (QED) is 0.629. The predicted octanol–water partition coefficient (Wildman–Crippen LogP) is 2.17. The fourth-order valence-electron chi connectivity index (χ4n) is 3.90. The smallest absolute Gasteiger partial charge is 0.223 e. The van der Waals surface area contributed by atoms with Crippen LogP contribution in [0, 0.1) is 0 Å². The number of nitrogens with zero attached hydrogens (tertiary/aromatic N) is 2. The van der Waals surface area contributed by atoms with Crippen LogP contribution in [-0.2, 0) is 17.8 Å². The molecule has 1 aliphatic rings. The molecule has 1 fully saturated rings. The average molecular weight is 427 g/mol. The van der Waals surface area contributed by atoms with Gasteiger partial charge in [-0.3, -0.25) is 4.79 Å². The number of methoxy groups -OCH3 is 2. The number of hydrogen-bond donors (Lipinski definition) is 1. The molecule has 6 nitrogen and oxygen atoms in total. The molecular weight excluding hydrogens is 398 g/mol. The van der Waals surface area contributed by atoms with Crippen molar-refractivity contribution in [2.75, 3.05) is 40.4 Å². The second kappa shape index (κ2) is 9.45. The third kappa shape index (κ3) is 4.74. The van der Waals surface area contributed by atoms with Crippen molar-refractivity contribution >= 4 is 27.5 Å². The summed E-state index contributed by atoms with van der Waals surface area (Å²) in [4.78, 5) is 20.9. The van der Waals surface area contributed by atoms with Gasteiger partial charge >= 0.3 is 0 Å². The fraction of sp³-hybridized carbons (Fsp3) is 0.391. The molecule has 0 radical (unpaired) electrons. The predicted molar refractivity (Wildman–Crippen MR) is 118 cm³/mol. The van der Waals surface area contributed by atoms with Crippen LogP contribution in [0.15, 0.2) is 42.5 Å². The molecule has 3 aromatic rings. The molecule has 1 saturated heterocycles. The van der Waals surface area contributed by atoms with Gasteiger partial charge in [-0.15, -0.1) is 11.3 Å². The lowest BCUT2D eigenvalue weighted by Gasteiger charge is -2.32. The van der Waals surface area contributed by atoms with E-state index < -0.39 is 0 Å². The Balaban J connectivity index is 1.26. The first-order valence-electron chi connectivity index (χ1n) is 10.3. The van der Waals surface area contributed by atoms with Gasteiger partial charge in [-0.2, -0.15) is 0 Å². The van der Waals surface area contributed by atoms with Gasteiger partial charge in [0.1, 0.15) is 11.6 Å². The van der Waals surface area contributed by atoms with Crippen LogP contribution in [0.2, 0.25) is 0 Å². The van der Waals surface area contributed by atoms with E-state index in [1.165, 1.54) is 14.6 Å². The highest BCUT2D eigenvalue weighted by molar-refractivity contribution is 7.18. The lowest BCUT2D eigenvalue weighted by atomic mass is 10.1. The molecule has 1 amide bonds. The Morgan fingerprint density at radius 1 is 1.10 bits per heavy atom. The zero-order valence-corrected chi connectivity index (χ0v) is 18.3. The van der Waals surface area contributed by atoms with Crippen LogP contribution in [0.5, 0.6) is 11.5 Å². The second-order valence-electron chi connectivity index (χ2n) is 7.57. The third-order valence-electron chi connectivity index (χ3n) is 5.64. The van der Waals surface area contributed by atoms with Crippen molar-refractivity contribution in [3.8, 4) is 11.5 Å². The summed E-state index contributed by atoms with van der Waals surface area (Å²) in [6.07, 6.45) is 1.22. The van der Waals surface area contributed by atoms with E-state index in [-0.39, 0.29) is 5.91 Å². The Hall–Kier alpha value is -2.64. The Morgan fingerprint density at radius 2 is 1.87 bits per heavy atom. The molecule has 0 atom stereocenters. The van der Waals surface area contributed by atoms with Gasteiger partial charge in [0.15, 0.2) is 11.5 Å². The number of aryl methyl sites for hydroxylation is 1. The number of aromatic nitrogens is 1. The van der Waals surface area contributed by atoms with Crippen LogP contribution in [0.25, 0.3) is 10.2 Å². The molecule has 4 rings (SSSR count). The first-order chi connectivity index (χ1) is 14.7. The minimum absolute atomic E-state index is 0.226. The van der Waals surface area contributed by atoms with Gasteiger partial charge in [-0.05, 0) is 36.2 Å². The van der Waals surface area contributed by atoms with Crippen LogP contribution in [-0.4, -0.2) is 56.2 Å². The number of ether oxygens (including phenoxy) is 2. The number of carbonyl (C=O) groups is 1. The average Bonchev–Trinajstić information content (AvgIpc) is 3.20. The SMILES string of the molecule is COc1ccc(CCC(=O)N2CC[NH+](Cc3nc4ccccc4s3)CC2)cc1OC. The van der Waals surface area contributed by atoms with Crippen molar-refractivity contribution in [1.82, 2.24) is 9.88 Å². The highest BCUT2D eigenvalue weighted by Crippen LogP contribution is 2.28. The molecule has 0 spiro atoms. The lowest BCUT2D eigenvalue weighted by Crippen LogP contribution is -3.13. The number of nitrogens with one attached hydrogen (secondary N) is 1. The van der Waals surface area contributed by atoms with E-state index in [1.807, 2.05) is 29.2 Å². The maximum Gasteiger partial charge on any atom is 0.223 e. The summed E-state index contributed by atoms with van der Waals surface area (Å²) in [7, 11) is 3.25. The zero-order valence-electron chi connectivity index (χ0n) is 17.5. The largest absolute Gasteiger partial charge is 0.493 e. The van der Waals surface area contributed by atoms with Crippen LogP contribution in [0.1, 0.15) is 17.0 Å². The Kier molecular flexibility index (Phi) is 6.50. The molecule has 2 aromatic carbocycles. The summed E-state index contributed by atoms with van der Waals surface area (Å²) in [5.41, 5.74) is 2.17. The highest BCUT2D eigenvalue weighted by atomic mass is 32.1. The molecule has 0 unspecified atom stereocenters. The molecule has 158 valence electrons. The maximum absolute atomic E-state index is 12.7. The minimum Gasteiger partial charge on any atom is -0.493 e. The van der Waals surface area contributed by atoms with Crippen molar-refractivity contribution in [3.63, 3.8) is 0 Å². The van der Waals surface area contributed by atoms with E-state index in [1.54, 1.807) is 25.6 Å². The van der Waals surface area contributed by atoms with E-state index in [4.69, 9.17) is 14.5 Å². The van der Waals surface area contributed by atoms with E-state index in [0.717, 1.165) is 43.8 Å². The number of amides is 1.